The van der Waals surface area contributed by atoms with Gasteiger partial charge < -0.3 is 87.4 Å². The first-order valence-corrected chi connectivity index (χ1v) is 26.4. The Kier molecular flexibility index (Phi) is 18.1. The number of aromatic hydroxyl groups is 2. The van der Waals surface area contributed by atoms with Crippen molar-refractivity contribution in [3.63, 3.8) is 0 Å². The molecule has 23 nitrogen and oxygen atoms in total. The van der Waals surface area contributed by atoms with Gasteiger partial charge in [0.25, 0.3) is 0 Å². The largest absolute Gasteiger partial charge is 0.507 e. The third kappa shape index (κ3) is 12.7. The molecule has 0 unspecified atom stereocenters. The van der Waals surface area contributed by atoms with E-state index >= 15 is 4.79 Å². The summed E-state index contributed by atoms with van der Waals surface area (Å²) in [6.07, 6.45) is -4.34. The van der Waals surface area contributed by atoms with Crippen LogP contribution in [0, 0.1) is 5.92 Å². The molecule has 11 bridgehead atoms. The van der Waals surface area contributed by atoms with Crippen molar-refractivity contribution in [2.45, 2.75) is 81.2 Å². The summed E-state index contributed by atoms with van der Waals surface area (Å²) >= 11 is 19.8. The first-order chi connectivity index (χ1) is 38.5. The highest BCUT2D eigenvalue weighted by molar-refractivity contribution is 7.80. The van der Waals surface area contributed by atoms with Gasteiger partial charge in [0.2, 0.25) is 41.2 Å². The van der Waals surface area contributed by atoms with Gasteiger partial charge in [-0.25, -0.2) is 0 Å². The van der Waals surface area contributed by atoms with Crippen molar-refractivity contribution in [3.8, 4) is 57.1 Å². The summed E-state index contributed by atoms with van der Waals surface area (Å²) in [5.41, 5.74) is 5.94. The Morgan fingerprint density at radius 3 is 1.90 bits per heavy atom. The highest BCUT2D eigenvalue weighted by Gasteiger charge is 2.40. The molecule has 0 saturated carbocycles. The fourth-order valence-corrected chi connectivity index (χ4v) is 10.4. The molecule has 5 aliphatic heterocycles. The predicted molar refractivity (Wildman–Crippen MR) is 297 cm³/mol. The topological polar surface area (TPSA) is 351 Å². The second kappa shape index (κ2) is 24.8. The number of rotatable bonds is 10. The lowest BCUT2D eigenvalue weighted by molar-refractivity contribution is -0.136. The van der Waals surface area contributed by atoms with E-state index in [4.69, 9.17) is 60.1 Å². The van der Waals surface area contributed by atoms with Crippen LogP contribution in [0.3, 0.4) is 0 Å². The van der Waals surface area contributed by atoms with E-state index in [-0.39, 0.29) is 83.7 Å². The van der Waals surface area contributed by atoms with Crippen molar-refractivity contribution in [2.24, 2.45) is 11.7 Å². The lowest BCUT2D eigenvalue weighted by atomic mass is 9.89. The number of aliphatic hydroxyl groups excluding tert-OH is 3. The van der Waals surface area contributed by atoms with Gasteiger partial charge in [-0.05, 0) is 102 Å². The van der Waals surface area contributed by atoms with Crippen molar-refractivity contribution in [1.82, 2.24) is 37.2 Å². The predicted octanol–water partition coefficient (Wildman–Crippen LogP) is 3.71. The number of aliphatic hydroxyl groups is 3. The number of methoxy groups -OCH3 is 2. The van der Waals surface area contributed by atoms with Crippen molar-refractivity contribution >= 4 is 75.9 Å². The summed E-state index contributed by atoms with van der Waals surface area (Å²) in [6, 6.07) is 5.94. The van der Waals surface area contributed by atoms with E-state index in [1.165, 1.54) is 100 Å². The number of primary amides is 1. The molecule has 14 N–H and O–H groups in total. The molecule has 0 spiro atoms. The Bertz CT molecular complexity index is 3330. The molecule has 81 heavy (non-hydrogen) atoms. The number of fused-ring (bicyclic) bond motifs is 15. The molecule has 0 aromatic heterocycles. The Morgan fingerprint density at radius 1 is 0.716 bits per heavy atom. The van der Waals surface area contributed by atoms with Gasteiger partial charge >= 0.3 is 0 Å². The molecular formula is C55H58Cl2N8O15S. The fraction of sp³-hybridized carbons (Fsp3) is 0.327. The lowest BCUT2D eigenvalue weighted by Gasteiger charge is -2.32. The monoisotopic (exact) mass is 1170 g/mol. The molecule has 0 radical (unpaired) electrons. The summed E-state index contributed by atoms with van der Waals surface area (Å²) in [6.45, 7) is 2.99. The second-order valence-corrected chi connectivity index (χ2v) is 21.0. The molecule has 5 aromatic rings. The average molecular weight is 1170 g/mol. The molecule has 6 amide bonds. The van der Waals surface area contributed by atoms with Crippen molar-refractivity contribution in [1.29, 1.82) is 0 Å². The Morgan fingerprint density at radius 2 is 1.33 bits per heavy atom. The third-order valence-corrected chi connectivity index (χ3v) is 14.7. The smallest absolute Gasteiger partial charge is 0.247 e. The zero-order chi connectivity index (χ0) is 58.7. The number of hydrogen-bond donors (Lipinski definition) is 13. The van der Waals surface area contributed by atoms with Crippen molar-refractivity contribution < 1.29 is 73.2 Å². The highest BCUT2D eigenvalue weighted by Crippen LogP contribution is 2.48. The number of halogens is 2. The Balaban J connectivity index is 1.36. The first kappa shape index (κ1) is 59.2. The van der Waals surface area contributed by atoms with Gasteiger partial charge in [0, 0.05) is 17.2 Å². The number of ether oxygens (including phenoxy) is 4. The molecule has 428 valence electrons. The minimum atomic E-state index is -1.90. The van der Waals surface area contributed by atoms with Crippen LogP contribution in [0.15, 0.2) is 78.9 Å². The molecule has 10 rings (SSSR count). The Labute approximate surface area is 478 Å². The molecule has 0 fully saturated rings. The average Bonchev–Trinajstić information content (AvgIpc) is 3.61. The van der Waals surface area contributed by atoms with E-state index in [1.807, 2.05) is 13.8 Å². The van der Waals surface area contributed by atoms with Gasteiger partial charge in [-0.15, -0.1) is 0 Å². The zero-order valence-corrected chi connectivity index (χ0v) is 46.3. The van der Waals surface area contributed by atoms with E-state index in [0.717, 1.165) is 0 Å². The van der Waals surface area contributed by atoms with Crippen LogP contribution in [0.5, 0.6) is 46.0 Å². The van der Waals surface area contributed by atoms with Gasteiger partial charge in [-0.3, -0.25) is 28.8 Å². The van der Waals surface area contributed by atoms with Crippen LogP contribution >= 0.6 is 35.4 Å². The molecule has 0 aliphatic carbocycles. The summed E-state index contributed by atoms with van der Waals surface area (Å²) in [4.78, 5) is 85.6. The number of thiocarbonyl (C=S) groups is 1. The maximum atomic E-state index is 15.2. The molecule has 5 heterocycles. The maximum absolute atomic E-state index is 15.2. The number of nitrogens with one attached hydrogen (secondary N) is 7. The van der Waals surface area contributed by atoms with Gasteiger partial charge in [0.1, 0.15) is 76.2 Å². The molecule has 0 saturated heterocycles. The van der Waals surface area contributed by atoms with Crippen molar-refractivity contribution in [3.05, 3.63) is 117 Å². The Hall–Kier alpha value is -7.97. The van der Waals surface area contributed by atoms with E-state index < -0.39 is 125 Å². The van der Waals surface area contributed by atoms with Crippen LogP contribution in [0.1, 0.15) is 84.8 Å². The molecule has 26 heteroatoms. The van der Waals surface area contributed by atoms with E-state index in [9.17, 15) is 49.5 Å². The van der Waals surface area contributed by atoms with Crippen LogP contribution in [0.2, 0.25) is 10.0 Å². The zero-order valence-electron chi connectivity index (χ0n) is 44.0. The summed E-state index contributed by atoms with van der Waals surface area (Å²) < 4.78 is 23.8. The van der Waals surface area contributed by atoms with Crippen LogP contribution in [-0.2, 0) is 28.8 Å². The van der Waals surface area contributed by atoms with Crippen LogP contribution in [0.25, 0.3) is 11.1 Å². The number of likely N-dealkylation sites (N-methyl/N-ethyl adjacent to an activating group) is 1. The molecular weight excluding hydrogens is 1120 g/mol. The lowest BCUT2D eigenvalue weighted by Crippen LogP contribution is -2.59. The van der Waals surface area contributed by atoms with E-state index in [2.05, 4.69) is 37.2 Å². The summed E-state index contributed by atoms with van der Waals surface area (Å²) in [7, 11) is 4.25. The second-order valence-electron chi connectivity index (χ2n) is 19.7. The number of phenols is 2. The molecule has 5 aliphatic rings. The normalized spacial score (nSPS) is 22.3. The summed E-state index contributed by atoms with van der Waals surface area (Å²) in [5.74, 6) is -7.96. The number of nitrogens with two attached hydrogens (primary N) is 1. The molecule has 9 atom stereocenters. The minimum Gasteiger partial charge on any atom is -0.507 e. The van der Waals surface area contributed by atoms with Gasteiger partial charge in [-0.1, -0.05) is 67.5 Å². The number of carbonyl (C=O) groups is 6. The fourth-order valence-electron chi connectivity index (χ4n) is 9.62. The first-order valence-electron chi connectivity index (χ1n) is 25.2. The van der Waals surface area contributed by atoms with Crippen LogP contribution in [0.4, 0.5) is 0 Å². The van der Waals surface area contributed by atoms with E-state index in [1.54, 1.807) is 0 Å². The molecule has 5 aromatic carbocycles. The van der Waals surface area contributed by atoms with Crippen LogP contribution in [-0.4, -0.2) is 118 Å². The third-order valence-electron chi connectivity index (χ3n) is 13.8. The number of benzene rings is 5. The number of phenolic OH excluding ortho intramolecular Hbond substituents is 2. The number of amides is 6. The van der Waals surface area contributed by atoms with Gasteiger partial charge in [-0.2, -0.15) is 0 Å². The van der Waals surface area contributed by atoms with Gasteiger partial charge in [0.05, 0.1) is 49.4 Å². The number of hydrogen-bond acceptors (Lipinski definition) is 17. The van der Waals surface area contributed by atoms with Crippen LogP contribution < -0.4 is 61.9 Å². The highest BCUT2D eigenvalue weighted by atomic mass is 35.5. The number of carbonyl (C=O) groups excluding carboxylic acids is 6. The van der Waals surface area contributed by atoms with Crippen molar-refractivity contribution in [2.75, 3.05) is 27.9 Å². The van der Waals surface area contributed by atoms with Gasteiger partial charge in [0.15, 0.2) is 11.5 Å². The van der Waals surface area contributed by atoms with E-state index in [0.29, 0.717) is 6.42 Å². The summed E-state index contributed by atoms with van der Waals surface area (Å²) in [5, 5.41) is 77.2. The standard InChI is InChI=1S/C55H58Cl2N8O15S/c1-22(2)12-32(59-3)50(72)63-45-47(69)24-7-10-36(30(56)14-24)79-39-16-26-17-40(49(39)71)80-37-11-8-25(15-31(37)57)48(70)46-54(76)61-34(21-66)28-18-27(77-4)19-38(78-5)42(28)29-13-23(6-9-35(29)67)43(52(74)64-46)65-55(81)44(26)62-51(73)33(20-41(58)68)60-53(45)75/h6-11,13-19,22,32-34,43-48,59,66-67,69-71H,12,20-21H2,1-5H3,(H2,58,68)(H,60,75)(H,61,76)(H,62,73)(H,63,72)(H,64,74)(H,65,81)/t32-,33+,34-,43-,44-,45-,46+,47-,48-/m1/s1. The quantitative estimate of drug-likeness (QED) is 0.0886. The maximum Gasteiger partial charge on any atom is 0.247 e. The minimum absolute atomic E-state index is 0.000918. The SMILES string of the molecule is CN[C@H](CC(C)C)C(=O)N[C@H]1C(=O)N[C@@H](CC(N)=O)C(=O)N[C@H]2C(=S)N[C@H]3C(=O)N[C@H](C(=O)N[C@H](CO)c4cc(OC)cc(OC)c4-c4cc3ccc4O)[C@H](O)c3ccc(c(Cl)c3)Oc3cc2cc(c3O)Oc2ccc(cc2Cl)[C@H]1O.